The number of amides is 1. The fourth-order valence-corrected chi connectivity index (χ4v) is 1.59. The molecule has 0 bridgehead atoms. The number of nitrogens with one attached hydrogen (secondary N) is 1. The summed E-state index contributed by atoms with van der Waals surface area (Å²) in [6, 6.07) is 0. The summed E-state index contributed by atoms with van der Waals surface area (Å²) < 4.78 is 0. The zero-order valence-electron chi connectivity index (χ0n) is 10.5. The van der Waals surface area contributed by atoms with Crippen LogP contribution in [-0.2, 0) is 4.79 Å². The largest absolute Gasteiger partial charge is 0.356 e. The highest BCUT2D eigenvalue weighted by atomic mass is 16.1. The number of terminal acetylenes is 1. The van der Waals surface area contributed by atoms with Crippen LogP contribution in [-0.4, -0.2) is 19.0 Å². The Hall–Kier alpha value is -1.01. The van der Waals surface area contributed by atoms with Crippen LogP contribution in [0, 0.1) is 24.2 Å². The summed E-state index contributed by atoms with van der Waals surface area (Å²) in [5, 5.41) is 2.91. The van der Waals surface area contributed by atoms with Crippen molar-refractivity contribution in [2.75, 3.05) is 13.1 Å². The molecule has 16 heavy (non-hydrogen) atoms. The van der Waals surface area contributed by atoms with E-state index < -0.39 is 0 Å². The SMILES string of the molecule is C#CCCCCNC(=O)C(CN)CC(C)C. The third kappa shape index (κ3) is 7.30. The molecule has 3 nitrogen and oxygen atoms in total. The minimum absolute atomic E-state index is 0.0485. The summed E-state index contributed by atoms with van der Waals surface area (Å²) in [6.07, 6.45) is 8.68. The zero-order valence-corrected chi connectivity index (χ0v) is 10.5. The minimum atomic E-state index is -0.0485. The molecule has 0 rings (SSSR count). The third-order valence-corrected chi connectivity index (χ3v) is 2.46. The molecule has 3 heteroatoms. The Morgan fingerprint density at radius 2 is 2.12 bits per heavy atom. The van der Waals surface area contributed by atoms with Gasteiger partial charge in [0, 0.05) is 19.5 Å². The van der Waals surface area contributed by atoms with Crippen LogP contribution in [0.1, 0.15) is 39.5 Å². The molecular formula is C13H24N2O. The zero-order chi connectivity index (χ0) is 12.4. The molecule has 0 spiro atoms. The van der Waals surface area contributed by atoms with Crippen molar-refractivity contribution in [1.82, 2.24) is 5.32 Å². The predicted octanol–water partition coefficient (Wildman–Crippen LogP) is 1.53. The molecule has 0 aliphatic rings. The lowest BCUT2D eigenvalue weighted by Gasteiger charge is -2.16. The summed E-state index contributed by atoms with van der Waals surface area (Å²) in [4.78, 5) is 11.7. The maximum Gasteiger partial charge on any atom is 0.224 e. The molecule has 92 valence electrons. The highest BCUT2D eigenvalue weighted by molar-refractivity contribution is 5.78. The Balaban J connectivity index is 3.72. The van der Waals surface area contributed by atoms with Crippen molar-refractivity contribution < 1.29 is 4.79 Å². The van der Waals surface area contributed by atoms with Gasteiger partial charge in [-0.3, -0.25) is 4.79 Å². The number of hydrogen-bond donors (Lipinski definition) is 2. The van der Waals surface area contributed by atoms with Gasteiger partial charge >= 0.3 is 0 Å². The van der Waals surface area contributed by atoms with Gasteiger partial charge in [-0.05, 0) is 25.2 Å². The van der Waals surface area contributed by atoms with Gasteiger partial charge in [-0.1, -0.05) is 13.8 Å². The van der Waals surface area contributed by atoms with Crippen LogP contribution < -0.4 is 11.1 Å². The number of hydrogen-bond acceptors (Lipinski definition) is 2. The van der Waals surface area contributed by atoms with Crippen LogP contribution in [0.4, 0.5) is 0 Å². The van der Waals surface area contributed by atoms with Crippen molar-refractivity contribution in [3.05, 3.63) is 0 Å². The van der Waals surface area contributed by atoms with E-state index in [1.165, 1.54) is 0 Å². The van der Waals surface area contributed by atoms with E-state index >= 15 is 0 Å². The number of carbonyl (C=O) groups is 1. The van der Waals surface area contributed by atoms with Gasteiger partial charge in [0.05, 0.1) is 5.92 Å². The maximum atomic E-state index is 11.7. The predicted molar refractivity (Wildman–Crippen MR) is 67.7 cm³/mol. The molecular weight excluding hydrogens is 200 g/mol. The first kappa shape index (κ1) is 15.0. The Morgan fingerprint density at radius 1 is 1.44 bits per heavy atom. The second-order valence-corrected chi connectivity index (χ2v) is 4.51. The molecule has 0 fully saturated rings. The summed E-state index contributed by atoms with van der Waals surface area (Å²) in [5.74, 6) is 3.12. The molecule has 0 aromatic heterocycles. The second-order valence-electron chi connectivity index (χ2n) is 4.51. The minimum Gasteiger partial charge on any atom is -0.356 e. The molecule has 0 saturated carbocycles. The molecule has 0 aliphatic heterocycles. The van der Waals surface area contributed by atoms with Crippen LogP contribution in [0.15, 0.2) is 0 Å². The summed E-state index contributed by atoms with van der Waals surface area (Å²) in [7, 11) is 0. The molecule has 1 unspecified atom stereocenters. The average Bonchev–Trinajstić information content (AvgIpc) is 2.25. The number of nitrogens with two attached hydrogens (primary N) is 1. The van der Waals surface area contributed by atoms with E-state index in [-0.39, 0.29) is 11.8 Å². The monoisotopic (exact) mass is 224 g/mol. The molecule has 0 aromatic rings. The highest BCUT2D eigenvalue weighted by Crippen LogP contribution is 2.10. The smallest absolute Gasteiger partial charge is 0.224 e. The van der Waals surface area contributed by atoms with Crippen LogP contribution in [0.3, 0.4) is 0 Å². The lowest BCUT2D eigenvalue weighted by atomic mass is 9.96. The van der Waals surface area contributed by atoms with Crippen LogP contribution >= 0.6 is 0 Å². The third-order valence-electron chi connectivity index (χ3n) is 2.46. The van der Waals surface area contributed by atoms with E-state index in [0.29, 0.717) is 19.0 Å². The summed E-state index contributed by atoms with van der Waals surface area (Å²) in [5.41, 5.74) is 5.59. The second kappa shape index (κ2) is 9.23. The van der Waals surface area contributed by atoms with E-state index in [1.807, 2.05) is 0 Å². The van der Waals surface area contributed by atoms with Gasteiger partial charge in [0.2, 0.25) is 5.91 Å². The summed E-state index contributed by atoms with van der Waals surface area (Å²) in [6.45, 7) is 5.33. The van der Waals surface area contributed by atoms with E-state index in [9.17, 15) is 4.79 Å². The Bertz CT molecular complexity index is 231. The lowest BCUT2D eigenvalue weighted by molar-refractivity contribution is -0.125. The first-order valence-electron chi connectivity index (χ1n) is 6.03. The van der Waals surface area contributed by atoms with Crippen LogP contribution in [0.25, 0.3) is 0 Å². The first-order valence-corrected chi connectivity index (χ1v) is 6.03. The average molecular weight is 224 g/mol. The van der Waals surface area contributed by atoms with Crippen molar-refractivity contribution in [2.45, 2.75) is 39.5 Å². The fraction of sp³-hybridized carbons (Fsp3) is 0.769. The van der Waals surface area contributed by atoms with Crippen molar-refractivity contribution in [3.8, 4) is 12.3 Å². The van der Waals surface area contributed by atoms with E-state index in [4.69, 9.17) is 12.2 Å². The molecule has 3 N–H and O–H groups in total. The molecule has 1 amide bonds. The van der Waals surface area contributed by atoms with Gasteiger partial charge in [-0.15, -0.1) is 12.3 Å². The highest BCUT2D eigenvalue weighted by Gasteiger charge is 2.17. The number of unbranched alkanes of at least 4 members (excludes halogenated alkanes) is 2. The molecule has 0 radical (unpaired) electrons. The first-order chi connectivity index (χ1) is 7.61. The van der Waals surface area contributed by atoms with Gasteiger partial charge in [0.15, 0.2) is 0 Å². The number of rotatable bonds is 8. The van der Waals surface area contributed by atoms with Gasteiger partial charge < -0.3 is 11.1 Å². The standard InChI is InChI=1S/C13H24N2O/c1-4-5-6-7-8-15-13(16)12(10-14)9-11(2)3/h1,11-12H,5-10,14H2,2-3H3,(H,15,16). The topological polar surface area (TPSA) is 55.1 Å². The Kier molecular flexibility index (Phi) is 8.65. The van der Waals surface area contributed by atoms with Crippen molar-refractivity contribution in [3.63, 3.8) is 0 Å². The van der Waals surface area contributed by atoms with Crippen LogP contribution in [0.2, 0.25) is 0 Å². The van der Waals surface area contributed by atoms with Gasteiger partial charge in [-0.2, -0.15) is 0 Å². The normalized spacial score (nSPS) is 12.2. The van der Waals surface area contributed by atoms with E-state index in [1.54, 1.807) is 0 Å². The fourth-order valence-electron chi connectivity index (χ4n) is 1.59. The molecule has 1 atom stereocenters. The van der Waals surface area contributed by atoms with Crippen LogP contribution in [0.5, 0.6) is 0 Å². The van der Waals surface area contributed by atoms with Gasteiger partial charge in [-0.25, -0.2) is 0 Å². The van der Waals surface area contributed by atoms with Gasteiger partial charge in [0.1, 0.15) is 0 Å². The Morgan fingerprint density at radius 3 is 2.62 bits per heavy atom. The van der Waals surface area contributed by atoms with Crippen molar-refractivity contribution >= 4 is 5.91 Å². The molecule has 0 aliphatic carbocycles. The van der Waals surface area contributed by atoms with Gasteiger partial charge in [0.25, 0.3) is 0 Å². The molecule has 0 saturated heterocycles. The number of carbonyl (C=O) groups excluding carboxylic acids is 1. The maximum absolute atomic E-state index is 11.7. The van der Waals surface area contributed by atoms with Crippen molar-refractivity contribution in [2.24, 2.45) is 17.6 Å². The van der Waals surface area contributed by atoms with Crippen molar-refractivity contribution in [1.29, 1.82) is 0 Å². The quantitative estimate of drug-likeness (QED) is 0.485. The molecule has 0 aromatic carbocycles. The van der Waals surface area contributed by atoms with E-state index in [0.717, 1.165) is 25.7 Å². The lowest BCUT2D eigenvalue weighted by Crippen LogP contribution is -2.36. The Labute approximate surface area is 99.2 Å². The molecule has 0 heterocycles. The van der Waals surface area contributed by atoms with E-state index in [2.05, 4.69) is 25.1 Å². The summed E-state index contributed by atoms with van der Waals surface area (Å²) >= 11 is 0.